The number of benzene rings is 1. The van der Waals surface area contributed by atoms with Gasteiger partial charge in [-0.3, -0.25) is 0 Å². The van der Waals surface area contributed by atoms with Crippen LogP contribution in [0.25, 0.3) is 0 Å². The van der Waals surface area contributed by atoms with Crippen molar-refractivity contribution in [2.45, 2.75) is 13.5 Å². The van der Waals surface area contributed by atoms with E-state index >= 15 is 0 Å². The van der Waals surface area contributed by atoms with Crippen LogP contribution in [0, 0.1) is 0 Å². The molecule has 0 aliphatic rings. The Morgan fingerprint density at radius 3 is 2.08 bits per heavy atom. The molecule has 1 aromatic rings. The molecule has 2 nitrogen and oxygen atoms in total. The molecule has 0 aliphatic carbocycles. The van der Waals surface area contributed by atoms with Crippen molar-refractivity contribution in [2.24, 2.45) is 0 Å². The molecule has 0 aliphatic heterocycles. The van der Waals surface area contributed by atoms with Crippen LogP contribution in [0.1, 0.15) is 12.5 Å². The summed E-state index contributed by atoms with van der Waals surface area (Å²) in [4.78, 5) is 0. The number of nitrogens with zero attached hydrogens (tertiary/aromatic N) is 1. The van der Waals surface area contributed by atoms with Crippen LogP contribution in [0.2, 0.25) is 0 Å². The highest BCUT2D eigenvalue weighted by molar-refractivity contribution is 5.13. The minimum atomic E-state index is 0. The standard InChI is InChI=1S/C11H18N.H2O/c1-4-12(2,3)10-11-8-6-5-7-9-11;/h5-9H,4,10H2,1-3H3;1H2/q+1;. The van der Waals surface area contributed by atoms with Gasteiger partial charge in [0, 0.05) is 5.56 Å². The van der Waals surface area contributed by atoms with E-state index in [1.54, 1.807) is 0 Å². The van der Waals surface area contributed by atoms with Crippen LogP contribution in [-0.2, 0) is 6.54 Å². The lowest BCUT2D eigenvalue weighted by molar-refractivity contribution is -0.901. The van der Waals surface area contributed by atoms with Gasteiger partial charge in [0.25, 0.3) is 0 Å². The second-order valence-electron chi connectivity index (χ2n) is 3.90. The van der Waals surface area contributed by atoms with Crippen molar-refractivity contribution in [3.63, 3.8) is 0 Å². The normalized spacial score (nSPS) is 10.7. The van der Waals surface area contributed by atoms with Crippen LogP contribution >= 0.6 is 0 Å². The maximum atomic E-state index is 2.26. The first-order valence-corrected chi connectivity index (χ1v) is 4.50. The van der Waals surface area contributed by atoms with E-state index in [2.05, 4.69) is 51.4 Å². The maximum absolute atomic E-state index is 2.26. The molecule has 0 saturated carbocycles. The maximum Gasteiger partial charge on any atom is 0.104 e. The quantitative estimate of drug-likeness (QED) is 0.634. The van der Waals surface area contributed by atoms with Crippen molar-refractivity contribution >= 4 is 0 Å². The summed E-state index contributed by atoms with van der Waals surface area (Å²) < 4.78 is 1.06. The highest BCUT2D eigenvalue weighted by atomic mass is 16.0. The first-order chi connectivity index (χ1) is 5.64. The highest BCUT2D eigenvalue weighted by Gasteiger charge is 2.11. The molecule has 2 heteroatoms. The summed E-state index contributed by atoms with van der Waals surface area (Å²) in [5.74, 6) is 0. The summed E-state index contributed by atoms with van der Waals surface area (Å²) in [6.45, 7) is 4.52. The second kappa shape index (κ2) is 5.00. The van der Waals surface area contributed by atoms with E-state index in [0.717, 1.165) is 11.0 Å². The molecular formula is C11H20NO+. The molecule has 0 radical (unpaired) electrons. The number of rotatable bonds is 3. The fourth-order valence-corrected chi connectivity index (χ4v) is 1.19. The Kier molecular flexibility index (Phi) is 4.67. The van der Waals surface area contributed by atoms with Crippen LogP contribution < -0.4 is 0 Å². The summed E-state index contributed by atoms with van der Waals surface area (Å²) in [6, 6.07) is 10.6. The van der Waals surface area contributed by atoms with Gasteiger partial charge in [-0.25, -0.2) is 0 Å². The van der Waals surface area contributed by atoms with Gasteiger partial charge in [-0.05, 0) is 6.92 Å². The number of hydrogen-bond acceptors (Lipinski definition) is 0. The molecule has 0 fully saturated rings. The molecule has 1 rings (SSSR count). The zero-order valence-corrected chi connectivity index (χ0v) is 8.75. The molecule has 1 aromatic carbocycles. The topological polar surface area (TPSA) is 31.5 Å². The van der Waals surface area contributed by atoms with E-state index in [-0.39, 0.29) is 5.48 Å². The summed E-state index contributed by atoms with van der Waals surface area (Å²) in [6.07, 6.45) is 0. The van der Waals surface area contributed by atoms with Gasteiger partial charge < -0.3 is 9.96 Å². The zero-order chi connectivity index (χ0) is 9.03. The fourth-order valence-electron chi connectivity index (χ4n) is 1.19. The SMILES string of the molecule is CC[N+](C)(C)Cc1ccccc1.O. The van der Waals surface area contributed by atoms with Gasteiger partial charge in [-0.1, -0.05) is 30.3 Å². The summed E-state index contributed by atoms with van der Waals surface area (Å²) >= 11 is 0. The van der Waals surface area contributed by atoms with Gasteiger partial charge in [-0.2, -0.15) is 0 Å². The fraction of sp³-hybridized carbons (Fsp3) is 0.455. The molecule has 13 heavy (non-hydrogen) atoms. The second-order valence-corrected chi connectivity index (χ2v) is 3.90. The van der Waals surface area contributed by atoms with Crippen molar-refractivity contribution in [2.75, 3.05) is 20.6 Å². The minimum absolute atomic E-state index is 0. The predicted molar refractivity (Wildman–Crippen MR) is 56.4 cm³/mol. The largest absolute Gasteiger partial charge is 0.412 e. The van der Waals surface area contributed by atoms with Crippen molar-refractivity contribution < 1.29 is 9.96 Å². The Bertz CT molecular complexity index is 231. The molecular weight excluding hydrogens is 162 g/mol. The Morgan fingerprint density at radius 2 is 1.62 bits per heavy atom. The minimum Gasteiger partial charge on any atom is -0.412 e. The van der Waals surface area contributed by atoms with Gasteiger partial charge in [0.1, 0.15) is 6.54 Å². The van der Waals surface area contributed by atoms with Gasteiger partial charge in [0.05, 0.1) is 20.6 Å². The lowest BCUT2D eigenvalue weighted by atomic mass is 10.2. The van der Waals surface area contributed by atoms with Crippen LogP contribution in [0.5, 0.6) is 0 Å². The van der Waals surface area contributed by atoms with Gasteiger partial charge in [0.2, 0.25) is 0 Å². The molecule has 0 atom stereocenters. The van der Waals surface area contributed by atoms with Gasteiger partial charge in [0.15, 0.2) is 0 Å². The molecule has 0 unspecified atom stereocenters. The third kappa shape index (κ3) is 4.06. The average molecular weight is 182 g/mol. The van der Waals surface area contributed by atoms with Crippen molar-refractivity contribution in [3.05, 3.63) is 35.9 Å². The average Bonchev–Trinajstić information content (AvgIpc) is 2.06. The Balaban J connectivity index is 0.00000144. The van der Waals surface area contributed by atoms with E-state index in [9.17, 15) is 0 Å². The lowest BCUT2D eigenvalue weighted by Crippen LogP contribution is -2.38. The number of quaternary nitrogens is 1. The Labute approximate surface area is 80.7 Å². The Hall–Kier alpha value is -0.860. The predicted octanol–water partition coefficient (Wildman–Crippen LogP) is 1.46. The molecule has 0 spiro atoms. The molecule has 74 valence electrons. The first kappa shape index (κ1) is 12.1. The van der Waals surface area contributed by atoms with E-state index < -0.39 is 0 Å². The summed E-state index contributed by atoms with van der Waals surface area (Å²) in [7, 11) is 4.51. The number of hydrogen-bond donors (Lipinski definition) is 0. The highest BCUT2D eigenvalue weighted by Crippen LogP contribution is 2.07. The first-order valence-electron chi connectivity index (χ1n) is 4.50. The van der Waals surface area contributed by atoms with Crippen LogP contribution in [0.4, 0.5) is 0 Å². The Morgan fingerprint density at radius 1 is 1.08 bits per heavy atom. The van der Waals surface area contributed by atoms with E-state index in [0.29, 0.717) is 0 Å². The molecule has 0 aromatic heterocycles. The smallest absolute Gasteiger partial charge is 0.104 e. The van der Waals surface area contributed by atoms with Crippen molar-refractivity contribution in [1.82, 2.24) is 0 Å². The monoisotopic (exact) mass is 182 g/mol. The third-order valence-electron chi connectivity index (χ3n) is 2.31. The van der Waals surface area contributed by atoms with Crippen LogP contribution in [0.15, 0.2) is 30.3 Å². The molecule has 0 heterocycles. The summed E-state index contributed by atoms with van der Waals surface area (Å²) in [5, 5.41) is 0. The molecule has 0 saturated heterocycles. The third-order valence-corrected chi connectivity index (χ3v) is 2.31. The van der Waals surface area contributed by atoms with Crippen LogP contribution in [-0.4, -0.2) is 30.6 Å². The summed E-state index contributed by atoms with van der Waals surface area (Å²) in [5.41, 5.74) is 1.42. The van der Waals surface area contributed by atoms with E-state index in [1.165, 1.54) is 12.1 Å². The van der Waals surface area contributed by atoms with Gasteiger partial charge in [-0.15, -0.1) is 0 Å². The molecule has 2 N–H and O–H groups in total. The molecule has 0 bridgehead atoms. The van der Waals surface area contributed by atoms with Crippen molar-refractivity contribution in [1.29, 1.82) is 0 Å². The van der Waals surface area contributed by atoms with Crippen LogP contribution in [0.3, 0.4) is 0 Å². The van der Waals surface area contributed by atoms with Crippen molar-refractivity contribution in [3.8, 4) is 0 Å². The van der Waals surface area contributed by atoms with E-state index in [4.69, 9.17) is 0 Å². The molecule has 0 amide bonds. The van der Waals surface area contributed by atoms with E-state index in [1.807, 2.05) is 0 Å². The zero-order valence-electron chi connectivity index (χ0n) is 8.75. The van der Waals surface area contributed by atoms with Gasteiger partial charge >= 0.3 is 0 Å². The lowest BCUT2D eigenvalue weighted by Gasteiger charge is -2.28.